The second kappa shape index (κ2) is 5.51. The molecule has 0 spiro atoms. The molecule has 0 aliphatic rings. The molecule has 2 aromatic rings. The first kappa shape index (κ1) is 16.1. The van der Waals surface area contributed by atoms with E-state index in [0.29, 0.717) is 6.07 Å². The molecule has 0 N–H and O–H groups in total. The summed E-state index contributed by atoms with van der Waals surface area (Å²) in [6, 6.07) is 4.56. The maximum Gasteiger partial charge on any atom is 0.422 e. The molecular formula is C14H9F6NO. The van der Waals surface area contributed by atoms with Gasteiger partial charge in [-0.25, -0.2) is 0 Å². The van der Waals surface area contributed by atoms with Crippen LogP contribution in [-0.2, 0) is 12.4 Å². The Labute approximate surface area is 121 Å². The number of aromatic nitrogens is 1. The van der Waals surface area contributed by atoms with Gasteiger partial charge in [-0.05, 0) is 18.2 Å². The lowest BCUT2D eigenvalue weighted by atomic mass is 10.0. The molecule has 2 rings (SSSR count). The molecule has 1 aromatic heterocycles. The molecule has 0 aliphatic carbocycles. The first-order valence-electron chi connectivity index (χ1n) is 5.92. The van der Waals surface area contributed by atoms with Crippen LogP contribution in [0, 0.1) is 0 Å². The van der Waals surface area contributed by atoms with Crippen molar-refractivity contribution in [2.75, 3.05) is 7.11 Å². The second-order valence-electron chi connectivity index (χ2n) is 4.31. The monoisotopic (exact) mass is 321 g/mol. The van der Waals surface area contributed by atoms with Gasteiger partial charge in [0.15, 0.2) is 0 Å². The van der Waals surface area contributed by atoms with Gasteiger partial charge in [-0.15, -0.1) is 0 Å². The molecule has 2 nitrogen and oxygen atoms in total. The molecule has 1 aromatic carbocycles. The Morgan fingerprint density at radius 3 is 2.18 bits per heavy atom. The molecule has 8 heteroatoms. The smallest absolute Gasteiger partial charge is 0.422 e. The minimum atomic E-state index is -4.82. The average molecular weight is 321 g/mol. The fourth-order valence-corrected chi connectivity index (χ4v) is 1.95. The molecule has 0 atom stereocenters. The number of alkyl halides is 6. The molecule has 118 valence electrons. The quantitative estimate of drug-likeness (QED) is 0.742. The number of pyridine rings is 1. The molecule has 0 amide bonds. The van der Waals surface area contributed by atoms with Crippen molar-refractivity contribution in [2.24, 2.45) is 0 Å². The highest BCUT2D eigenvalue weighted by Crippen LogP contribution is 2.42. The number of rotatable bonds is 2. The van der Waals surface area contributed by atoms with E-state index in [1.807, 2.05) is 0 Å². The van der Waals surface area contributed by atoms with Crippen molar-refractivity contribution in [3.8, 4) is 17.0 Å². The minimum Gasteiger partial charge on any atom is -0.496 e. The topological polar surface area (TPSA) is 22.1 Å². The summed E-state index contributed by atoms with van der Waals surface area (Å²) in [5.74, 6) is -0.505. The van der Waals surface area contributed by atoms with Gasteiger partial charge in [-0.2, -0.15) is 26.3 Å². The SMILES string of the molecule is COc1ccnc(-c2cccc(C(F)(F)F)c2)c1C(F)(F)F. The van der Waals surface area contributed by atoms with Crippen LogP contribution in [0.4, 0.5) is 26.3 Å². The van der Waals surface area contributed by atoms with Crippen LogP contribution < -0.4 is 4.74 Å². The van der Waals surface area contributed by atoms with E-state index in [4.69, 9.17) is 0 Å². The fraction of sp³-hybridized carbons (Fsp3) is 0.214. The zero-order valence-corrected chi connectivity index (χ0v) is 11.1. The summed E-state index contributed by atoms with van der Waals surface area (Å²) in [6.07, 6.45) is -8.43. The first-order valence-corrected chi connectivity index (χ1v) is 5.92. The average Bonchev–Trinajstić information content (AvgIpc) is 2.44. The standard InChI is InChI=1S/C14H9F6NO/c1-22-10-5-6-21-12(11(10)14(18,19)20)8-3-2-4-9(7-8)13(15,16)17/h2-7H,1H3. The van der Waals surface area contributed by atoms with Crippen LogP contribution in [0.25, 0.3) is 11.3 Å². The summed E-state index contributed by atoms with van der Waals surface area (Å²) in [4.78, 5) is 3.58. The van der Waals surface area contributed by atoms with Crippen LogP contribution in [0.2, 0.25) is 0 Å². The Bertz CT molecular complexity index is 678. The maximum absolute atomic E-state index is 13.2. The number of hydrogen-bond donors (Lipinski definition) is 0. The molecule has 22 heavy (non-hydrogen) atoms. The van der Waals surface area contributed by atoms with Crippen molar-refractivity contribution in [1.82, 2.24) is 4.98 Å². The highest BCUT2D eigenvalue weighted by atomic mass is 19.4. The van der Waals surface area contributed by atoms with Gasteiger partial charge in [0.1, 0.15) is 11.3 Å². The number of ether oxygens (including phenoxy) is 1. The summed E-state index contributed by atoms with van der Waals surface area (Å²) < 4.78 is 82.3. The summed E-state index contributed by atoms with van der Waals surface area (Å²) in [5, 5.41) is 0. The predicted molar refractivity (Wildman–Crippen MR) is 66.2 cm³/mol. The Morgan fingerprint density at radius 1 is 0.955 bits per heavy atom. The Hall–Kier alpha value is -2.25. The van der Waals surface area contributed by atoms with Gasteiger partial charge >= 0.3 is 12.4 Å². The van der Waals surface area contributed by atoms with Crippen LogP contribution in [0.15, 0.2) is 36.5 Å². The van der Waals surface area contributed by atoms with Gasteiger partial charge in [0, 0.05) is 11.8 Å². The lowest BCUT2D eigenvalue weighted by Gasteiger charge is -2.16. The lowest BCUT2D eigenvalue weighted by Crippen LogP contribution is -2.11. The van der Waals surface area contributed by atoms with Crippen LogP contribution in [0.5, 0.6) is 5.75 Å². The van der Waals surface area contributed by atoms with Crippen LogP contribution in [0.1, 0.15) is 11.1 Å². The number of halogens is 6. The Kier molecular flexibility index (Phi) is 4.04. The molecule has 0 unspecified atom stereocenters. The van der Waals surface area contributed by atoms with Crippen molar-refractivity contribution in [3.05, 3.63) is 47.7 Å². The van der Waals surface area contributed by atoms with Crippen molar-refractivity contribution in [1.29, 1.82) is 0 Å². The zero-order chi connectivity index (χ0) is 16.5. The number of methoxy groups -OCH3 is 1. The molecule has 0 radical (unpaired) electrons. The lowest BCUT2D eigenvalue weighted by molar-refractivity contribution is -0.138. The predicted octanol–water partition coefficient (Wildman–Crippen LogP) is 4.79. The number of benzene rings is 1. The van der Waals surface area contributed by atoms with Gasteiger partial charge in [0.25, 0.3) is 0 Å². The van der Waals surface area contributed by atoms with Crippen LogP contribution >= 0.6 is 0 Å². The van der Waals surface area contributed by atoms with E-state index < -0.39 is 34.9 Å². The maximum atomic E-state index is 13.2. The molecule has 1 heterocycles. The van der Waals surface area contributed by atoms with E-state index >= 15 is 0 Å². The molecule has 0 saturated carbocycles. The van der Waals surface area contributed by atoms with Gasteiger partial charge in [0.05, 0.1) is 18.4 Å². The van der Waals surface area contributed by atoms with Crippen molar-refractivity contribution in [3.63, 3.8) is 0 Å². The third-order valence-electron chi connectivity index (χ3n) is 2.88. The number of hydrogen-bond acceptors (Lipinski definition) is 2. The summed E-state index contributed by atoms with van der Waals surface area (Å²) >= 11 is 0. The second-order valence-corrected chi connectivity index (χ2v) is 4.31. The normalized spacial score (nSPS) is 12.3. The van der Waals surface area contributed by atoms with Crippen molar-refractivity contribution >= 4 is 0 Å². The van der Waals surface area contributed by atoms with E-state index in [1.54, 1.807) is 0 Å². The third-order valence-corrected chi connectivity index (χ3v) is 2.88. The Morgan fingerprint density at radius 2 is 1.64 bits per heavy atom. The summed E-state index contributed by atoms with van der Waals surface area (Å²) in [6.45, 7) is 0. The van der Waals surface area contributed by atoms with Crippen molar-refractivity contribution in [2.45, 2.75) is 12.4 Å². The Balaban J connectivity index is 2.68. The third kappa shape index (κ3) is 3.15. The molecule has 0 saturated heterocycles. The first-order chi connectivity index (χ1) is 10.1. The number of nitrogens with zero attached hydrogens (tertiary/aromatic N) is 1. The van der Waals surface area contributed by atoms with E-state index in [2.05, 4.69) is 9.72 Å². The highest BCUT2D eigenvalue weighted by Gasteiger charge is 2.39. The van der Waals surface area contributed by atoms with E-state index in [0.717, 1.165) is 37.6 Å². The zero-order valence-electron chi connectivity index (χ0n) is 11.1. The molecule has 0 aliphatic heterocycles. The van der Waals surface area contributed by atoms with Gasteiger partial charge in [-0.3, -0.25) is 4.98 Å². The summed E-state index contributed by atoms with van der Waals surface area (Å²) in [5.41, 5.74) is -3.17. The van der Waals surface area contributed by atoms with E-state index in [1.165, 1.54) is 0 Å². The highest BCUT2D eigenvalue weighted by molar-refractivity contribution is 5.67. The van der Waals surface area contributed by atoms with Gasteiger partial charge < -0.3 is 4.74 Å². The molecule has 0 fully saturated rings. The van der Waals surface area contributed by atoms with Crippen molar-refractivity contribution < 1.29 is 31.1 Å². The largest absolute Gasteiger partial charge is 0.496 e. The molecule has 0 bridgehead atoms. The van der Waals surface area contributed by atoms with Gasteiger partial charge in [0.2, 0.25) is 0 Å². The van der Waals surface area contributed by atoms with E-state index in [9.17, 15) is 26.3 Å². The van der Waals surface area contributed by atoms with Crippen LogP contribution in [0.3, 0.4) is 0 Å². The summed E-state index contributed by atoms with van der Waals surface area (Å²) in [7, 11) is 1.04. The molecular weight excluding hydrogens is 312 g/mol. The fourth-order valence-electron chi connectivity index (χ4n) is 1.95. The van der Waals surface area contributed by atoms with Gasteiger partial charge in [-0.1, -0.05) is 12.1 Å². The minimum absolute atomic E-state index is 0.291. The van der Waals surface area contributed by atoms with E-state index in [-0.39, 0.29) is 5.56 Å². The van der Waals surface area contributed by atoms with Crippen LogP contribution in [-0.4, -0.2) is 12.1 Å².